The highest BCUT2D eigenvalue weighted by Crippen LogP contribution is 2.22. The molecule has 0 saturated heterocycles. The van der Waals surface area contributed by atoms with Crippen molar-refractivity contribution in [2.45, 2.75) is 19.8 Å². The first kappa shape index (κ1) is 8.12. The maximum absolute atomic E-state index is 3.94. The molecule has 1 aliphatic rings. The van der Waals surface area contributed by atoms with E-state index in [9.17, 15) is 0 Å². The second-order valence-electron chi connectivity index (χ2n) is 2.83. The molecule has 60 valence electrons. The molecule has 0 spiro atoms. The Balaban J connectivity index is 2.83. The highest BCUT2D eigenvalue weighted by Gasteiger charge is 2.06. The van der Waals surface area contributed by atoms with Crippen LogP contribution in [0.1, 0.15) is 19.8 Å². The zero-order chi connectivity index (χ0) is 8.27. The average Bonchev–Trinajstić information content (AvgIpc) is 2.04. The van der Waals surface area contributed by atoms with E-state index in [1.165, 1.54) is 11.1 Å². The SMILES string of the molecule is C=C(NC)C1=C(C)C=CCC1. The molecule has 0 aliphatic heterocycles. The summed E-state index contributed by atoms with van der Waals surface area (Å²) in [5.74, 6) is 0. The van der Waals surface area contributed by atoms with E-state index < -0.39 is 0 Å². The van der Waals surface area contributed by atoms with Gasteiger partial charge in [0.05, 0.1) is 0 Å². The van der Waals surface area contributed by atoms with Gasteiger partial charge in [-0.15, -0.1) is 0 Å². The third-order valence-corrected chi connectivity index (χ3v) is 2.07. The van der Waals surface area contributed by atoms with Crippen LogP contribution in [0.5, 0.6) is 0 Å². The monoisotopic (exact) mass is 149 g/mol. The minimum atomic E-state index is 1.06. The van der Waals surface area contributed by atoms with Crippen molar-refractivity contribution in [3.8, 4) is 0 Å². The van der Waals surface area contributed by atoms with E-state index in [0.717, 1.165) is 18.5 Å². The van der Waals surface area contributed by atoms with Crippen LogP contribution in [-0.4, -0.2) is 7.05 Å². The molecule has 0 radical (unpaired) electrons. The van der Waals surface area contributed by atoms with E-state index in [4.69, 9.17) is 0 Å². The van der Waals surface area contributed by atoms with E-state index in [-0.39, 0.29) is 0 Å². The molecular weight excluding hydrogens is 134 g/mol. The third kappa shape index (κ3) is 1.73. The van der Waals surface area contributed by atoms with Gasteiger partial charge in [0.15, 0.2) is 0 Å². The minimum Gasteiger partial charge on any atom is -0.388 e. The molecule has 0 bridgehead atoms. The van der Waals surface area contributed by atoms with Crippen molar-refractivity contribution in [1.29, 1.82) is 0 Å². The topological polar surface area (TPSA) is 12.0 Å². The Bertz CT molecular complexity index is 221. The Hall–Kier alpha value is -0.980. The van der Waals surface area contributed by atoms with Crippen molar-refractivity contribution in [2.75, 3.05) is 7.05 Å². The predicted octanol–water partition coefficient (Wildman–Crippen LogP) is 2.39. The maximum atomic E-state index is 3.94. The molecule has 0 heterocycles. The van der Waals surface area contributed by atoms with Crippen molar-refractivity contribution in [2.24, 2.45) is 0 Å². The predicted molar refractivity (Wildman–Crippen MR) is 49.3 cm³/mol. The normalized spacial score (nSPS) is 16.9. The van der Waals surface area contributed by atoms with Crippen molar-refractivity contribution in [3.05, 3.63) is 35.6 Å². The molecule has 1 rings (SSSR count). The zero-order valence-corrected chi connectivity index (χ0v) is 7.28. The molecule has 0 unspecified atom stereocenters. The van der Waals surface area contributed by atoms with Crippen LogP contribution in [0.2, 0.25) is 0 Å². The van der Waals surface area contributed by atoms with E-state index in [1.54, 1.807) is 0 Å². The summed E-state index contributed by atoms with van der Waals surface area (Å²) in [5, 5.41) is 3.08. The lowest BCUT2D eigenvalue weighted by molar-refractivity contribution is 0.890. The molecule has 0 atom stereocenters. The van der Waals surface area contributed by atoms with Crippen molar-refractivity contribution in [3.63, 3.8) is 0 Å². The number of nitrogens with one attached hydrogen (secondary N) is 1. The molecule has 0 amide bonds. The summed E-state index contributed by atoms with van der Waals surface area (Å²) in [4.78, 5) is 0. The second kappa shape index (κ2) is 3.42. The smallest absolute Gasteiger partial charge is 0.0299 e. The summed E-state index contributed by atoms with van der Waals surface area (Å²) in [5.41, 5.74) is 3.78. The summed E-state index contributed by atoms with van der Waals surface area (Å²) in [7, 11) is 1.92. The van der Waals surface area contributed by atoms with Gasteiger partial charge < -0.3 is 5.32 Å². The van der Waals surface area contributed by atoms with Crippen LogP contribution in [-0.2, 0) is 0 Å². The zero-order valence-electron chi connectivity index (χ0n) is 7.28. The van der Waals surface area contributed by atoms with Gasteiger partial charge in [-0.05, 0) is 30.9 Å². The molecule has 1 heteroatoms. The highest BCUT2D eigenvalue weighted by atomic mass is 14.8. The molecule has 0 saturated carbocycles. The summed E-state index contributed by atoms with van der Waals surface area (Å²) in [6.45, 7) is 6.08. The summed E-state index contributed by atoms with van der Waals surface area (Å²) < 4.78 is 0. The Morgan fingerprint density at radius 3 is 2.91 bits per heavy atom. The van der Waals surface area contributed by atoms with Gasteiger partial charge in [0, 0.05) is 12.7 Å². The number of hydrogen-bond donors (Lipinski definition) is 1. The van der Waals surface area contributed by atoms with Crippen LogP contribution in [0.15, 0.2) is 35.6 Å². The molecule has 0 aromatic rings. The Morgan fingerprint density at radius 1 is 1.64 bits per heavy atom. The summed E-state index contributed by atoms with van der Waals surface area (Å²) in [6.07, 6.45) is 6.65. The lowest BCUT2D eigenvalue weighted by atomic mass is 9.97. The largest absolute Gasteiger partial charge is 0.388 e. The van der Waals surface area contributed by atoms with Crippen LogP contribution < -0.4 is 5.32 Å². The summed E-state index contributed by atoms with van der Waals surface area (Å²) >= 11 is 0. The van der Waals surface area contributed by atoms with E-state index in [2.05, 4.69) is 31.0 Å². The average molecular weight is 149 g/mol. The van der Waals surface area contributed by atoms with Gasteiger partial charge in [-0.3, -0.25) is 0 Å². The Kier molecular flexibility index (Phi) is 2.53. The van der Waals surface area contributed by atoms with Crippen molar-refractivity contribution >= 4 is 0 Å². The second-order valence-corrected chi connectivity index (χ2v) is 2.83. The van der Waals surface area contributed by atoms with Crippen LogP contribution >= 0.6 is 0 Å². The Morgan fingerprint density at radius 2 is 2.36 bits per heavy atom. The van der Waals surface area contributed by atoms with Crippen molar-refractivity contribution < 1.29 is 0 Å². The van der Waals surface area contributed by atoms with Gasteiger partial charge in [-0.2, -0.15) is 0 Å². The molecular formula is C10H15N. The first-order chi connectivity index (χ1) is 5.25. The summed E-state index contributed by atoms with van der Waals surface area (Å²) in [6, 6.07) is 0. The lowest BCUT2D eigenvalue weighted by Gasteiger charge is -2.14. The molecule has 0 aromatic carbocycles. The highest BCUT2D eigenvalue weighted by molar-refractivity contribution is 5.38. The number of likely N-dealkylation sites (N-methyl/N-ethyl adjacent to an activating group) is 1. The molecule has 1 N–H and O–H groups in total. The maximum Gasteiger partial charge on any atom is 0.0299 e. The minimum absolute atomic E-state index is 1.06. The van der Waals surface area contributed by atoms with Gasteiger partial charge >= 0.3 is 0 Å². The molecule has 11 heavy (non-hydrogen) atoms. The van der Waals surface area contributed by atoms with Crippen LogP contribution in [0, 0.1) is 0 Å². The van der Waals surface area contributed by atoms with Crippen LogP contribution in [0.3, 0.4) is 0 Å². The first-order valence-electron chi connectivity index (χ1n) is 3.99. The molecule has 0 aromatic heterocycles. The van der Waals surface area contributed by atoms with Crippen LogP contribution in [0.4, 0.5) is 0 Å². The fourth-order valence-corrected chi connectivity index (χ4v) is 1.33. The Labute approximate surface area is 68.5 Å². The molecule has 1 aliphatic carbocycles. The lowest BCUT2D eigenvalue weighted by Crippen LogP contribution is -2.09. The number of allylic oxidation sites excluding steroid dienone is 4. The van der Waals surface area contributed by atoms with E-state index in [1.807, 2.05) is 7.05 Å². The standard InChI is InChI=1S/C10H15N/c1-8-6-4-5-7-10(8)9(2)11-3/h4,6,11H,2,5,7H2,1,3H3. The van der Waals surface area contributed by atoms with Crippen LogP contribution in [0.25, 0.3) is 0 Å². The first-order valence-corrected chi connectivity index (χ1v) is 3.99. The van der Waals surface area contributed by atoms with E-state index in [0.29, 0.717) is 0 Å². The number of rotatable bonds is 2. The van der Waals surface area contributed by atoms with Gasteiger partial charge in [-0.25, -0.2) is 0 Å². The fourth-order valence-electron chi connectivity index (χ4n) is 1.33. The van der Waals surface area contributed by atoms with E-state index >= 15 is 0 Å². The van der Waals surface area contributed by atoms with Gasteiger partial charge in [-0.1, -0.05) is 18.7 Å². The van der Waals surface area contributed by atoms with Gasteiger partial charge in [0.1, 0.15) is 0 Å². The molecule has 1 nitrogen and oxygen atoms in total. The molecule has 0 fully saturated rings. The van der Waals surface area contributed by atoms with Gasteiger partial charge in [0.25, 0.3) is 0 Å². The van der Waals surface area contributed by atoms with Crippen molar-refractivity contribution in [1.82, 2.24) is 5.32 Å². The van der Waals surface area contributed by atoms with Gasteiger partial charge in [0.2, 0.25) is 0 Å². The fraction of sp³-hybridized carbons (Fsp3) is 0.400. The quantitative estimate of drug-likeness (QED) is 0.635. The number of hydrogen-bond acceptors (Lipinski definition) is 1. The third-order valence-electron chi connectivity index (χ3n) is 2.07.